The number of hydrogen-bond donors (Lipinski definition) is 1. The summed E-state index contributed by atoms with van der Waals surface area (Å²) < 4.78 is 38.6. The van der Waals surface area contributed by atoms with Gasteiger partial charge in [0.2, 0.25) is 0 Å². The Morgan fingerprint density at radius 2 is 2.05 bits per heavy atom. The van der Waals surface area contributed by atoms with Crippen molar-refractivity contribution in [3.8, 4) is 0 Å². The second-order valence-electron chi connectivity index (χ2n) is 5.05. The number of aromatic nitrogens is 2. The van der Waals surface area contributed by atoms with Gasteiger partial charge in [-0.3, -0.25) is 4.68 Å². The predicted octanol–water partition coefficient (Wildman–Crippen LogP) is 3.76. The first kappa shape index (κ1) is 17.0. The average Bonchev–Trinajstić information content (AvgIpc) is 2.73. The zero-order chi connectivity index (χ0) is 15.2. The summed E-state index contributed by atoms with van der Waals surface area (Å²) in [5.74, 6) is 0. The van der Waals surface area contributed by atoms with Gasteiger partial charge in [0.1, 0.15) is 0 Å². The van der Waals surface area contributed by atoms with Gasteiger partial charge in [-0.15, -0.1) is 0 Å². The van der Waals surface area contributed by atoms with E-state index in [1.165, 1.54) is 0 Å². The van der Waals surface area contributed by atoms with Crippen LogP contribution in [0.1, 0.15) is 57.0 Å². The summed E-state index contributed by atoms with van der Waals surface area (Å²) in [4.78, 5) is 0. The molecule has 0 fully saturated rings. The number of aryl methyl sites for hydroxylation is 2. The van der Waals surface area contributed by atoms with Crippen molar-refractivity contribution in [1.29, 1.82) is 0 Å². The Labute approximate surface area is 118 Å². The molecule has 1 N–H and O–H groups in total. The van der Waals surface area contributed by atoms with Crippen molar-refractivity contribution in [3.05, 3.63) is 17.5 Å². The molecule has 1 atom stereocenters. The van der Waals surface area contributed by atoms with Crippen LogP contribution in [0.3, 0.4) is 0 Å². The van der Waals surface area contributed by atoms with Gasteiger partial charge in [-0.05, 0) is 38.3 Å². The molecular formula is C14H24F3N3. The molecule has 1 unspecified atom stereocenters. The Hall–Kier alpha value is -1.04. The summed E-state index contributed by atoms with van der Waals surface area (Å²) in [5, 5.41) is 7.69. The van der Waals surface area contributed by atoms with Crippen molar-refractivity contribution < 1.29 is 13.2 Å². The number of nitrogens with zero attached hydrogens (tertiary/aromatic N) is 2. The first-order valence-corrected chi connectivity index (χ1v) is 7.20. The third-order valence-corrected chi connectivity index (χ3v) is 3.28. The zero-order valence-corrected chi connectivity index (χ0v) is 12.4. The van der Waals surface area contributed by atoms with Gasteiger partial charge in [0.15, 0.2) is 0 Å². The number of alkyl halides is 3. The van der Waals surface area contributed by atoms with Gasteiger partial charge in [0.25, 0.3) is 0 Å². The van der Waals surface area contributed by atoms with E-state index in [0.717, 1.165) is 30.8 Å². The van der Waals surface area contributed by atoms with Crippen LogP contribution in [0, 0.1) is 0 Å². The van der Waals surface area contributed by atoms with Gasteiger partial charge in [-0.25, -0.2) is 0 Å². The van der Waals surface area contributed by atoms with Gasteiger partial charge in [0, 0.05) is 19.5 Å². The van der Waals surface area contributed by atoms with Crippen molar-refractivity contribution in [2.75, 3.05) is 6.54 Å². The fraction of sp³-hybridized carbons (Fsp3) is 0.786. The quantitative estimate of drug-likeness (QED) is 0.790. The lowest BCUT2D eigenvalue weighted by Crippen LogP contribution is -2.24. The maximum atomic E-state index is 12.3. The normalized spacial score (nSPS) is 13.7. The maximum Gasteiger partial charge on any atom is 0.389 e. The van der Waals surface area contributed by atoms with E-state index < -0.39 is 12.6 Å². The topological polar surface area (TPSA) is 29.9 Å². The maximum absolute atomic E-state index is 12.3. The van der Waals surface area contributed by atoms with Gasteiger partial charge in [-0.1, -0.05) is 13.8 Å². The molecule has 20 heavy (non-hydrogen) atoms. The van der Waals surface area contributed by atoms with E-state index in [4.69, 9.17) is 0 Å². The minimum atomic E-state index is -4.07. The molecule has 0 amide bonds. The van der Waals surface area contributed by atoms with E-state index in [2.05, 4.69) is 10.4 Å². The van der Waals surface area contributed by atoms with Crippen molar-refractivity contribution in [2.24, 2.45) is 7.05 Å². The van der Waals surface area contributed by atoms with Crippen LogP contribution in [0.4, 0.5) is 13.2 Å². The van der Waals surface area contributed by atoms with E-state index in [0.29, 0.717) is 6.42 Å². The van der Waals surface area contributed by atoms with E-state index in [9.17, 15) is 13.2 Å². The molecule has 1 aromatic heterocycles. The third kappa shape index (κ3) is 5.53. The van der Waals surface area contributed by atoms with E-state index >= 15 is 0 Å². The van der Waals surface area contributed by atoms with Gasteiger partial charge < -0.3 is 5.32 Å². The predicted molar refractivity (Wildman–Crippen MR) is 73.5 cm³/mol. The van der Waals surface area contributed by atoms with E-state index in [-0.39, 0.29) is 12.5 Å². The monoisotopic (exact) mass is 291 g/mol. The first-order valence-electron chi connectivity index (χ1n) is 7.20. The van der Waals surface area contributed by atoms with Crippen molar-refractivity contribution in [2.45, 2.75) is 58.2 Å². The molecule has 0 aliphatic rings. The molecular weight excluding hydrogens is 267 g/mol. The number of halogens is 3. The lowest BCUT2D eigenvalue weighted by atomic mass is 10.1. The van der Waals surface area contributed by atoms with E-state index in [1.807, 2.05) is 27.0 Å². The SMILES string of the molecule is CCCNC(CCCC(F)(F)F)c1cc(CC)nn1C. The smallest absolute Gasteiger partial charge is 0.309 e. The minimum Gasteiger partial charge on any atom is -0.309 e. The molecule has 0 aromatic carbocycles. The van der Waals surface area contributed by atoms with Gasteiger partial charge in [0.05, 0.1) is 11.4 Å². The zero-order valence-electron chi connectivity index (χ0n) is 12.4. The van der Waals surface area contributed by atoms with Crippen LogP contribution in [0.25, 0.3) is 0 Å². The summed E-state index contributed by atoms with van der Waals surface area (Å²) in [7, 11) is 1.85. The van der Waals surface area contributed by atoms with Gasteiger partial charge in [-0.2, -0.15) is 18.3 Å². The summed E-state index contributed by atoms with van der Waals surface area (Å²) >= 11 is 0. The number of nitrogens with one attached hydrogen (secondary N) is 1. The highest BCUT2D eigenvalue weighted by atomic mass is 19.4. The standard InChI is InChI=1S/C14H24F3N3/c1-4-9-18-12(7-6-8-14(15,16)17)13-10-11(5-2)19-20(13)3/h10,12,18H,4-9H2,1-3H3. The highest BCUT2D eigenvalue weighted by molar-refractivity contribution is 5.14. The van der Waals surface area contributed by atoms with Crippen LogP contribution >= 0.6 is 0 Å². The number of hydrogen-bond acceptors (Lipinski definition) is 2. The second kappa shape index (κ2) is 7.67. The van der Waals surface area contributed by atoms with Crippen molar-refractivity contribution in [3.63, 3.8) is 0 Å². The molecule has 0 saturated heterocycles. The fourth-order valence-electron chi connectivity index (χ4n) is 2.22. The Morgan fingerprint density at radius 3 is 2.55 bits per heavy atom. The molecule has 0 saturated carbocycles. The summed E-state index contributed by atoms with van der Waals surface area (Å²) in [6, 6.07) is 1.93. The average molecular weight is 291 g/mol. The lowest BCUT2D eigenvalue weighted by Gasteiger charge is -2.19. The third-order valence-electron chi connectivity index (χ3n) is 3.28. The van der Waals surface area contributed by atoms with Crippen LogP contribution in [0.5, 0.6) is 0 Å². The minimum absolute atomic E-state index is 0.0601. The summed E-state index contributed by atoms with van der Waals surface area (Å²) in [6.07, 6.45) is -2.41. The van der Waals surface area contributed by atoms with Crippen LogP contribution in [-0.2, 0) is 13.5 Å². The van der Waals surface area contributed by atoms with E-state index in [1.54, 1.807) is 4.68 Å². The van der Waals surface area contributed by atoms with Crippen LogP contribution in [0.15, 0.2) is 6.07 Å². The molecule has 0 radical (unpaired) electrons. The highest BCUT2D eigenvalue weighted by Crippen LogP contribution is 2.26. The van der Waals surface area contributed by atoms with Gasteiger partial charge >= 0.3 is 6.18 Å². The van der Waals surface area contributed by atoms with Crippen LogP contribution < -0.4 is 5.32 Å². The fourth-order valence-corrected chi connectivity index (χ4v) is 2.22. The summed E-state index contributed by atoms with van der Waals surface area (Å²) in [5.41, 5.74) is 1.94. The molecule has 3 nitrogen and oxygen atoms in total. The largest absolute Gasteiger partial charge is 0.389 e. The lowest BCUT2D eigenvalue weighted by molar-refractivity contribution is -0.135. The number of rotatable bonds is 8. The van der Waals surface area contributed by atoms with Crippen LogP contribution in [0.2, 0.25) is 0 Å². The Kier molecular flexibility index (Phi) is 6.52. The molecule has 0 bridgehead atoms. The first-order chi connectivity index (χ1) is 9.37. The van der Waals surface area contributed by atoms with Crippen LogP contribution in [-0.4, -0.2) is 22.5 Å². The molecule has 0 aliphatic heterocycles. The summed E-state index contributed by atoms with van der Waals surface area (Å²) in [6.45, 7) is 4.86. The van der Waals surface area contributed by atoms with Crippen molar-refractivity contribution in [1.82, 2.24) is 15.1 Å². The Morgan fingerprint density at radius 1 is 1.35 bits per heavy atom. The Balaban J connectivity index is 2.69. The highest BCUT2D eigenvalue weighted by Gasteiger charge is 2.27. The molecule has 1 aromatic rings. The molecule has 116 valence electrons. The molecule has 1 heterocycles. The Bertz CT molecular complexity index is 399. The molecule has 1 rings (SSSR count). The molecule has 0 aliphatic carbocycles. The molecule has 0 spiro atoms. The molecule has 6 heteroatoms. The second-order valence-corrected chi connectivity index (χ2v) is 5.05. The van der Waals surface area contributed by atoms with Crippen molar-refractivity contribution >= 4 is 0 Å².